The van der Waals surface area contributed by atoms with Crippen molar-refractivity contribution in [2.75, 3.05) is 17.5 Å². The number of hydrazine groups is 1. The zero-order valence-corrected chi connectivity index (χ0v) is 20.1. The van der Waals surface area contributed by atoms with Crippen LogP contribution in [0.15, 0.2) is 67.1 Å². The lowest BCUT2D eigenvalue weighted by atomic mass is 10.1. The molecule has 4 aromatic rings. The van der Waals surface area contributed by atoms with Crippen LogP contribution in [0.25, 0.3) is 11.0 Å². The van der Waals surface area contributed by atoms with Crippen LogP contribution in [0.2, 0.25) is 0 Å². The number of aromatic nitrogens is 4. The highest BCUT2D eigenvalue weighted by Crippen LogP contribution is 2.38. The van der Waals surface area contributed by atoms with Gasteiger partial charge in [-0.3, -0.25) is 0 Å². The lowest BCUT2D eigenvalue weighted by Gasteiger charge is -2.31. The van der Waals surface area contributed by atoms with Crippen LogP contribution >= 0.6 is 0 Å². The van der Waals surface area contributed by atoms with E-state index in [1.54, 1.807) is 41.2 Å². The third-order valence-corrected chi connectivity index (χ3v) is 8.78. The minimum atomic E-state index is -4.25. The highest BCUT2D eigenvalue weighted by Gasteiger charge is 2.37. The molecule has 0 saturated carbocycles. The molecule has 0 amide bonds. The molecule has 5 rings (SSSR count). The van der Waals surface area contributed by atoms with E-state index in [0.29, 0.717) is 20.5 Å². The maximum absolute atomic E-state index is 12.7. The minimum Gasteiger partial charge on any atom is -0.240 e. The van der Waals surface area contributed by atoms with Gasteiger partial charge in [-0.15, -0.1) is 0 Å². The first kappa shape index (κ1) is 22.4. The van der Waals surface area contributed by atoms with Crippen LogP contribution in [0, 0.1) is 0 Å². The summed E-state index contributed by atoms with van der Waals surface area (Å²) in [4.78, 5) is 8.73. The second-order valence-corrected chi connectivity index (χ2v) is 12.0. The zero-order valence-electron chi connectivity index (χ0n) is 18.5. The lowest BCUT2D eigenvalue weighted by Crippen LogP contribution is -2.47. The summed E-state index contributed by atoms with van der Waals surface area (Å²) < 4.78 is 52.9. The highest BCUT2D eigenvalue weighted by atomic mass is 32.3. The quantitative estimate of drug-likeness (QED) is 0.372. The second-order valence-electron chi connectivity index (χ2n) is 8.13. The van der Waals surface area contributed by atoms with Crippen molar-refractivity contribution < 1.29 is 16.8 Å². The molecule has 12 heteroatoms. The van der Waals surface area contributed by atoms with Crippen molar-refractivity contribution in [1.82, 2.24) is 23.6 Å². The van der Waals surface area contributed by atoms with E-state index in [-0.39, 0.29) is 11.9 Å². The molecular weight excluding hydrogens is 476 g/mol. The van der Waals surface area contributed by atoms with Gasteiger partial charge in [-0.25, -0.2) is 36.5 Å². The maximum Gasteiger partial charge on any atom is 0.242 e. The van der Waals surface area contributed by atoms with Gasteiger partial charge in [0.1, 0.15) is 6.33 Å². The van der Waals surface area contributed by atoms with E-state index in [1.165, 1.54) is 11.9 Å². The number of para-hydroxylation sites is 1. The molecule has 10 nitrogen and oxygen atoms in total. The fourth-order valence-electron chi connectivity index (χ4n) is 4.44. The van der Waals surface area contributed by atoms with Gasteiger partial charge < -0.3 is 0 Å². The van der Waals surface area contributed by atoms with E-state index in [1.807, 2.05) is 12.1 Å². The summed E-state index contributed by atoms with van der Waals surface area (Å²) in [5.74, 6) is 0.0876. The molecule has 176 valence electrons. The largest absolute Gasteiger partial charge is 0.242 e. The topological polar surface area (TPSA) is 118 Å². The Hall–Kier alpha value is -3.35. The van der Waals surface area contributed by atoms with Crippen molar-refractivity contribution in [2.45, 2.75) is 18.9 Å². The van der Waals surface area contributed by atoms with E-state index < -0.39 is 20.0 Å². The summed E-state index contributed by atoms with van der Waals surface area (Å²) in [6.45, 7) is 0. The molecule has 0 radical (unpaired) electrons. The third kappa shape index (κ3) is 3.83. The molecule has 2 heterocycles. The molecule has 1 unspecified atom stereocenters. The summed E-state index contributed by atoms with van der Waals surface area (Å²) in [7, 11) is -8.50. The Balaban J connectivity index is 1.73. The Morgan fingerprint density at radius 3 is 2.29 bits per heavy atom. The molecule has 2 aromatic carbocycles. The monoisotopic (exact) mass is 498 g/mol. The van der Waals surface area contributed by atoms with E-state index in [4.69, 9.17) is 0 Å². The van der Waals surface area contributed by atoms with E-state index in [2.05, 4.69) is 27.2 Å². The van der Waals surface area contributed by atoms with Gasteiger partial charge in [-0.2, -0.15) is 5.10 Å². The third-order valence-electron chi connectivity index (χ3n) is 5.70. The Labute approximate surface area is 197 Å². The number of aryl methyl sites for hydroxylation is 1. The molecule has 2 aromatic heterocycles. The molecule has 0 N–H and O–H groups in total. The van der Waals surface area contributed by atoms with Gasteiger partial charge in [0.15, 0.2) is 11.5 Å². The maximum atomic E-state index is 12.7. The average Bonchev–Trinajstić information content (AvgIpc) is 3.40. The number of rotatable bonds is 6. The molecule has 0 aliphatic heterocycles. The fraction of sp³-hybridized carbons (Fsp3) is 0.227. The Morgan fingerprint density at radius 1 is 0.912 bits per heavy atom. The number of sulfonamides is 2. The van der Waals surface area contributed by atoms with Crippen molar-refractivity contribution >= 4 is 42.6 Å². The molecule has 34 heavy (non-hydrogen) atoms. The summed E-state index contributed by atoms with van der Waals surface area (Å²) in [5, 5.41) is 6.06. The first-order valence-electron chi connectivity index (χ1n) is 10.5. The van der Waals surface area contributed by atoms with Gasteiger partial charge >= 0.3 is 0 Å². The van der Waals surface area contributed by atoms with Crippen molar-refractivity contribution in [1.29, 1.82) is 0 Å². The molecule has 0 fully saturated rings. The number of nitrogens with zero attached hydrogens (tertiary/aromatic N) is 6. The van der Waals surface area contributed by atoms with Crippen LogP contribution in [0.4, 0.5) is 11.5 Å². The Morgan fingerprint density at radius 2 is 1.59 bits per heavy atom. The number of fused-ring (bicyclic) bond motifs is 2. The van der Waals surface area contributed by atoms with Gasteiger partial charge in [-0.1, -0.05) is 42.5 Å². The fourth-order valence-corrected chi connectivity index (χ4v) is 7.35. The molecule has 1 atom stereocenters. The van der Waals surface area contributed by atoms with Crippen molar-refractivity contribution in [3.63, 3.8) is 0 Å². The molecule has 0 saturated heterocycles. The smallest absolute Gasteiger partial charge is 0.240 e. The van der Waals surface area contributed by atoms with Crippen LogP contribution in [0.5, 0.6) is 0 Å². The van der Waals surface area contributed by atoms with Crippen LogP contribution in [0.3, 0.4) is 0 Å². The lowest BCUT2D eigenvalue weighted by molar-refractivity contribution is 0.507. The van der Waals surface area contributed by atoms with Crippen molar-refractivity contribution in [2.24, 2.45) is 0 Å². The Kier molecular flexibility index (Phi) is 5.38. The molecule has 0 bridgehead atoms. The highest BCUT2D eigenvalue weighted by molar-refractivity contribution is 8.03. The van der Waals surface area contributed by atoms with Gasteiger partial charge in [0.25, 0.3) is 0 Å². The van der Waals surface area contributed by atoms with Gasteiger partial charge in [0, 0.05) is 3.82 Å². The normalized spacial score (nSPS) is 16.1. The van der Waals surface area contributed by atoms with Crippen LogP contribution in [-0.4, -0.2) is 52.9 Å². The minimum absolute atomic E-state index is 0.0393. The summed E-state index contributed by atoms with van der Waals surface area (Å²) in [5.41, 5.74) is 3.19. The molecule has 0 spiro atoms. The standard InChI is InChI=1S/C22H22N6O4S2/c1-33(29,30)28(34(2,31)32)27(17-9-4-3-5-10-17)22-19-14-25-26(21(19)23-15-24-22)20-13-12-16-8-6-7-11-18(16)20/h3-11,14-15,20H,12-13H2,1-2H3. The van der Waals surface area contributed by atoms with Crippen LogP contribution in [-0.2, 0) is 26.5 Å². The van der Waals surface area contributed by atoms with Crippen LogP contribution < -0.4 is 5.01 Å². The van der Waals surface area contributed by atoms with Crippen molar-refractivity contribution in [3.8, 4) is 0 Å². The van der Waals surface area contributed by atoms with Gasteiger partial charge in [0.2, 0.25) is 20.0 Å². The zero-order chi connectivity index (χ0) is 24.1. The van der Waals surface area contributed by atoms with E-state index >= 15 is 0 Å². The number of hydrogen-bond acceptors (Lipinski definition) is 8. The van der Waals surface area contributed by atoms with Crippen LogP contribution in [0.1, 0.15) is 23.6 Å². The first-order valence-corrected chi connectivity index (χ1v) is 14.2. The summed E-state index contributed by atoms with van der Waals surface area (Å²) in [6.07, 6.45) is 6.26. The van der Waals surface area contributed by atoms with Gasteiger partial charge in [-0.05, 0) is 36.1 Å². The molecule has 1 aliphatic rings. The van der Waals surface area contributed by atoms with Crippen molar-refractivity contribution in [3.05, 3.63) is 78.2 Å². The summed E-state index contributed by atoms with van der Waals surface area (Å²) in [6, 6.07) is 16.4. The first-order chi connectivity index (χ1) is 16.2. The average molecular weight is 499 g/mol. The molecular formula is C22H22N6O4S2. The number of benzene rings is 2. The van der Waals surface area contributed by atoms with Gasteiger partial charge in [0.05, 0.1) is 35.8 Å². The summed E-state index contributed by atoms with van der Waals surface area (Å²) >= 11 is 0. The number of anilines is 2. The SMILES string of the molecule is CS(=O)(=O)N(N(c1ccccc1)c1ncnc2c1cnn2C1CCc2ccccc21)S(C)(=O)=O. The Bertz CT molecular complexity index is 1550. The predicted molar refractivity (Wildman–Crippen MR) is 128 cm³/mol. The number of hydrogen-bond donors (Lipinski definition) is 0. The van der Waals surface area contributed by atoms with E-state index in [9.17, 15) is 16.8 Å². The molecule has 1 aliphatic carbocycles. The second kappa shape index (κ2) is 8.15. The predicted octanol–water partition coefficient (Wildman–Crippen LogP) is 2.64. The van der Waals surface area contributed by atoms with E-state index in [0.717, 1.165) is 35.9 Å².